The average Bonchev–Trinajstić information content (AvgIpc) is 2.44. The molecule has 8 heteroatoms. The zero-order valence-electron chi connectivity index (χ0n) is 12.7. The van der Waals surface area contributed by atoms with Crippen molar-refractivity contribution >= 4 is 27.6 Å². The largest absolute Gasteiger partial charge is 0.465 e. The number of hydrogen-bond acceptors (Lipinski definition) is 6. The van der Waals surface area contributed by atoms with Crippen molar-refractivity contribution in [1.82, 2.24) is 4.98 Å². The molecule has 118 valence electrons. The number of unbranched alkanes of at least 4 members (excludes halogenated alkanes) is 1. The minimum atomic E-state index is -3.46. The van der Waals surface area contributed by atoms with E-state index in [4.69, 9.17) is 0 Å². The summed E-state index contributed by atoms with van der Waals surface area (Å²) >= 11 is 0. The summed E-state index contributed by atoms with van der Waals surface area (Å²) in [6.45, 7) is 2.75. The zero-order valence-corrected chi connectivity index (χ0v) is 13.5. The van der Waals surface area contributed by atoms with E-state index in [1.54, 1.807) is 6.07 Å². The molecule has 0 aromatic carbocycles. The number of nitrogens with zero attached hydrogens (tertiary/aromatic N) is 2. The van der Waals surface area contributed by atoms with E-state index in [2.05, 4.69) is 22.0 Å². The minimum absolute atomic E-state index is 0.166. The first-order valence-corrected chi connectivity index (χ1v) is 8.42. The molecule has 0 bridgehead atoms. The van der Waals surface area contributed by atoms with Crippen LogP contribution < -0.4 is 9.62 Å². The van der Waals surface area contributed by atoms with E-state index < -0.39 is 16.0 Å². The highest BCUT2D eigenvalue weighted by Gasteiger charge is 2.17. The summed E-state index contributed by atoms with van der Waals surface area (Å²) in [6, 6.07) is 2.93. The minimum Gasteiger partial charge on any atom is -0.465 e. The number of carbonyl (C=O) groups is 1. The Hall–Kier alpha value is -1.83. The number of methoxy groups -OCH3 is 1. The average molecular weight is 315 g/mol. The molecule has 21 heavy (non-hydrogen) atoms. The monoisotopic (exact) mass is 315 g/mol. The van der Waals surface area contributed by atoms with E-state index >= 15 is 0 Å². The quantitative estimate of drug-likeness (QED) is 0.605. The Morgan fingerprint density at radius 2 is 2.10 bits per heavy atom. The second-order valence-corrected chi connectivity index (χ2v) is 6.62. The lowest BCUT2D eigenvalue weighted by Gasteiger charge is -2.17. The van der Waals surface area contributed by atoms with Crippen molar-refractivity contribution in [1.29, 1.82) is 0 Å². The summed E-state index contributed by atoms with van der Waals surface area (Å²) in [5, 5.41) is 3.07. The lowest BCUT2D eigenvalue weighted by Crippen LogP contribution is -2.26. The van der Waals surface area contributed by atoms with Crippen molar-refractivity contribution in [3.8, 4) is 0 Å². The number of nitrogens with one attached hydrogen (secondary N) is 1. The molecule has 0 fully saturated rings. The summed E-state index contributed by atoms with van der Waals surface area (Å²) in [5.74, 6) is 0.0651. The van der Waals surface area contributed by atoms with Crippen LogP contribution in [0.5, 0.6) is 0 Å². The van der Waals surface area contributed by atoms with Crippen LogP contribution in [0, 0.1) is 0 Å². The van der Waals surface area contributed by atoms with Crippen molar-refractivity contribution in [2.24, 2.45) is 0 Å². The maximum atomic E-state index is 11.7. The van der Waals surface area contributed by atoms with Crippen molar-refractivity contribution in [3.63, 3.8) is 0 Å². The predicted octanol–water partition coefficient (Wildman–Crippen LogP) is 1.48. The van der Waals surface area contributed by atoms with Crippen molar-refractivity contribution < 1.29 is 17.9 Å². The first-order chi connectivity index (χ1) is 9.79. The molecule has 1 N–H and O–H groups in total. The topological polar surface area (TPSA) is 88.6 Å². The summed E-state index contributed by atoms with van der Waals surface area (Å²) < 4.78 is 28.9. The lowest BCUT2D eigenvalue weighted by molar-refractivity contribution is 0.0600. The van der Waals surface area contributed by atoms with Crippen molar-refractivity contribution in [3.05, 3.63) is 17.7 Å². The van der Waals surface area contributed by atoms with Gasteiger partial charge in [0.1, 0.15) is 11.6 Å². The van der Waals surface area contributed by atoms with Crippen LogP contribution in [0.25, 0.3) is 0 Å². The molecule has 0 saturated carbocycles. The van der Waals surface area contributed by atoms with Gasteiger partial charge in [0, 0.05) is 13.6 Å². The fraction of sp³-hybridized carbons (Fsp3) is 0.538. The van der Waals surface area contributed by atoms with Crippen LogP contribution in [-0.2, 0) is 14.8 Å². The molecule has 0 aliphatic rings. The van der Waals surface area contributed by atoms with Gasteiger partial charge in [0.2, 0.25) is 10.0 Å². The summed E-state index contributed by atoms with van der Waals surface area (Å²) in [4.78, 5) is 15.9. The number of hydrogen-bond donors (Lipinski definition) is 1. The van der Waals surface area contributed by atoms with Gasteiger partial charge < -0.3 is 10.1 Å². The smallest absolute Gasteiger partial charge is 0.338 e. The van der Waals surface area contributed by atoms with Gasteiger partial charge in [-0.2, -0.15) is 0 Å². The van der Waals surface area contributed by atoms with Crippen LogP contribution in [0.1, 0.15) is 30.1 Å². The maximum Gasteiger partial charge on any atom is 0.338 e. The fourth-order valence-electron chi connectivity index (χ4n) is 1.57. The molecule has 1 heterocycles. The summed E-state index contributed by atoms with van der Waals surface area (Å²) in [7, 11) is -0.802. The maximum absolute atomic E-state index is 11.7. The van der Waals surface area contributed by atoms with Gasteiger partial charge in [-0.1, -0.05) is 13.3 Å². The van der Waals surface area contributed by atoms with E-state index in [0.29, 0.717) is 12.4 Å². The van der Waals surface area contributed by atoms with Gasteiger partial charge in [0.15, 0.2) is 0 Å². The molecule has 0 aliphatic heterocycles. The van der Waals surface area contributed by atoms with E-state index in [1.807, 2.05) is 0 Å². The summed E-state index contributed by atoms with van der Waals surface area (Å²) in [6.07, 6.45) is 3.03. The number of sulfonamides is 1. The molecule has 0 unspecified atom stereocenters. The van der Waals surface area contributed by atoms with Gasteiger partial charge in [-0.15, -0.1) is 0 Å². The Morgan fingerprint density at radius 1 is 1.43 bits per heavy atom. The third kappa shape index (κ3) is 4.89. The molecule has 1 aromatic rings. The van der Waals surface area contributed by atoms with Gasteiger partial charge >= 0.3 is 5.97 Å². The van der Waals surface area contributed by atoms with E-state index in [1.165, 1.54) is 20.2 Å². The van der Waals surface area contributed by atoms with Crippen LogP contribution in [0.4, 0.5) is 11.6 Å². The molecule has 0 saturated heterocycles. The Kier molecular flexibility index (Phi) is 5.95. The van der Waals surface area contributed by atoms with Gasteiger partial charge in [0.05, 0.1) is 18.9 Å². The zero-order chi connectivity index (χ0) is 16.0. The van der Waals surface area contributed by atoms with Crippen LogP contribution in [0.2, 0.25) is 0 Å². The molecule has 0 atom stereocenters. The number of ether oxygens (including phenoxy) is 1. The van der Waals surface area contributed by atoms with Crippen LogP contribution in [0.3, 0.4) is 0 Å². The number of rotatable bonds is 7. The molecule has 0 radical (unpaired) electrons. The number of esters is 1. The predicted molar refractivity (Wildman–Crippen MR) is 82.2 cm³/mol. The van der Waals surface area contributed by atoms with E-state index in [-0.39, 0.29) is 11.4 Å². The Bertz CT molecular complexity index is 601. The first-order valence-electron chi connectivity index (χ1n) is 6.57. The van der Waals surface area contributed by atoms with Crippen LogP contribution in [0.15, 0.2) is 12.1 Å². The third-order valence-electron chi connectivity index (χ3n) is 2.89. The van der Waals surface area contributed by atoms with Crippen LogP contribution in [-0.4, -0.2) is 46.3 Å². The fourth-order valence-corrected chi connectivity index (χ4v) is 2.00. The molecular formula is C13H21N3O4S. The molecule has 7 nitrogen and oxygen atoms in total. The number of aromatic nitrogens is 1. The highest BCUT2D eigenvalue weighted by atomic mass is 32.2. The van der Waals surface area contributed by atoms with Gasteiger partial charge in [-0.3, -0.25) is 4.31 Å². The Morgan fingerprint density at radius 3 is 2.62 bits per heavy atom. The van der Waals surface area contributed by atoms with Crippen molar-refractivity contribution in [2.75, 3.05) is 36.6 Å². The summed E-state index contributed by atoms with van der Waals surface area (Å²) in [5.41, 5.74) is 0.247. The number of anilines is 2. The van der Waals surface area contributed by atoms with Crippen molar-refractivity contribution in [2.45, 2.75) is 19.8 Å². The van der Waals surface area contributed by atoms with Crippen LogP contribution >= 0.6 is 0 Å². The first kappa shape index (κ1) is 17.2. The molecule has 0 spiro atoms. The number of pyridine rings is 1. The second kappa shape index (κ2) is 7.26. The number of carbonyl (C=O) groups excluding carboxylic acids is 1. The van der Waals surface area contributed by atoms with E-state index in [0.717, 1.165) is 23.4 Å². The normalized spacial score (nSPS) is 11.0. The van der Waals surface area contributed by atoms with Gasteiger partial charge in [0.25, 0.3) is 0 Å². The highest BCUT2D eigenvalue weighted by Crippen LogP contribution is 2.19. The molecule has 0 amide bonds. The van der Waals surface area contributed by atoms with Gasteiger partial charge in [-0.25, -0.2) is 18.2 Å². The highest BCUT2D eigenvalue weighted by molar-refractivity contribution is 7.92. The molecule has 1 rings (SSSR count). The Balaban J connectivity index is 3.17. The third-order valence-corrected chi connectivity index (χ3v) is 4.07. The van der Waals surface area contributed by atoms with E-state index in [9.17, 15) is 13.2 Å². The molecular weight excluding hydrogens is 294 g/mol. The molecule has 1 aromatic heterocycles. The second-order valence-electron chi connectivity index (χ2n) is 4.60. The molecule has 0 aliphatic carbocycles. The SMILES string of the molecule is CCCCNc1cc(C(=O)OC)cc(N(C)S(C)(=O)=O)n1. The standard InChI is InChI=1S/C13H21N3O4S/c1-5-6-7-14-11-8-10(13(17)20-3)9-12(15-11)16(2)21(4,18)19/h8-9H,5-7H2,1-4H3,(H,14,15). The van der Waals surface area contributed by atoms with Gasteiger partial charge in [-0.05, 0) is 18.6 Å². The lowest BCUT2D eigenvalue weighted by atomic mass is 10.2. The Labute approximate surface area is 125 Å².